The van der Waals surface area contributed by atoms with E-state index in [4.69, 9.17) is 4.74 Å². The van der Waals surface area contributed by atoms with E-state index >= 15 is 0 Å². The number of hydrogen-bond acceptors (Lipinski definition) is 5. The molecule has 0 spiro atoms. The maximum atomic E-state index is 5.34. The van der Waals surface area contributed by atoms with Gasteiger partial charge in [0.25, 0.3) is 0 Å². The fourth-order valence-electron chi connectivity index (χ4n) is 1.33. The topological polar surface area (TPSA) is 59.1 Å². The summed E-state index contributed by atoms with van der Waals surface area (Å²) in [6, 6.07) is 1.90. The molecule has 0 aliphatic rings. The number of anilines is 2. The normalized spacial score (nSPS) is 11.4. The molecule has 0 bridgehead atoms. The first-order chi connectivity index (χ1) is 8.44. The van der Waals surface area contributed by atoms with Gasteiger partial charge in [-0.2, -0.15) is 0 Å². The summed E-state index contributed by atoms with van der Waals surface area (Å²) in [5.74, 6) is 2.33. The molecule has 0 aliphatic carbocycles. The Kier molecular flexibility index (Phi) is 5.34. The van der Waals surface area contributed by atoms with Gasteiger partial charge in [-0.3, -0.25) is 0 Å². The number of rotatable bonds is 6. The molecular weight excluding hydrogens is 228 g/mol. The van der Waals surface area contributed by atoms with E-state index in [-0.39, 0.29) is 5.41 Å². The number of ether oxygens (including phenoxy) is 1. The molecule has 1 aromatic rings. The lowest BCUT2D eigenvalue weighted by molar-refractivity contribution is 0.128. The third kappa shape index (κ3) is 5.31. The second-order valence-electron chi connectivity index (χ2n) is 5.36. The zero-order chi connectivity index (χ0) is 13.6. The minimum Gasteiger partial charge on any atom is -0.374 e. The largest absolute Gasteiger partial charge is 0.374 e. The van der Waals surface area contributed by atoms with Gasteiger partial charge in [-0.05, 0) is 12.3 Å². The SMILES string of the molecule is CCOCc1nc(NC)cc(NCC(C)(C)C)n1. The molecule has 2 N–H and O–H groups in total. The van der Waals surface area contributed by atoms with Crippen LogP contribution in [0.4, 0.5) is 11.6 Å². The molecule has 102 valence electrons. The first-order valence-corrected chi connectivity index (χ1v) is 6.32. The summed E-state index contributed by atoms with van der Waals surface area (Å²) >= 11 is 0. The van der Waals surface area contributed by atoms with Crippen molar-refractivity contribution in [3.8, 4) is 0 Å². The van der Waals surface area contributed by atoms with Gasteiger partial charge in [-0.15, -0.1) is 0 Å². The Morgan fingerprint density at radius 2 is 1.89 bits per heavy atom. The monoisotopic (exact) mass is 252 g/mol. The van der Waals surface area contributed by atoms with Crippen LogP contribution in [0.2, 0.25) is 0 Å². The number of nitrogens with zero attached hydrogens (tertiary/aromatic N) is 2. The summed E-state index contributed by atoms with van der Waals surface area (Å²) in [5, 5.41) is 6.36. The number of nitrogens with one attached hydrogen (secondary N) is 2. The van der Waals surface area contributed by atoms with E-state index < -0.39 is 0 Å². The van der Waals surface area contributed by atoms with Crippen molar-refractivity contribution in [2.45, 2.75) is 34.3 Å². The van der Waals surface area contributed by atoms with Crippen molar-refractivity contribution < 1.29 is 4.74 Å². The van der Waals surface area contributed by atoms with E-state index in [1.54, 1.807) is 0 Å². The zero-order valence-corrected chi connectivity index (χ0v) is 12.0. The molecule has 0 radical (unpaired) electrons. The maximum absolute atomic E-state index is 5.34. The van der Waals surface area contributed by atoms with Crippen molar-refractivity contribution >= 4 is 11.6 Å². The summed E-state index contributed by atoms with van der Waals surface area (Å²) in [5.41, 5.74) is 0.213. The summed E-state index contributed by atoms with van der Waals surface area (Å²) < 4.78 is 5.34. The number of hydrogen-bond donors (Lipinski definition) is 2. The molecule has 0 aromatic carbocycles. The molecular formula is C13H24N4O. The summed E-state index contributed by atoms with van der Waals surface area (Å²) in [6.45, 7) is 10.5. The van der Waals surface area contributed by atoms with Crippen LogP contribution in [0.3, 0.4) is 0 Å². The van der Waals surface area contributed by atoms with Crippen LogP contribution in [0.25, 0.3) is 0 Å². The third-order valence-electron chi connectivity index (χ3n) is 2.26. The van der Waals surface area contributed by atoms with Crippen molar-refractivity contribution in [3.05, 3.63) is 11.9 Å². The van der Waals surface area contributed by atoms with Gasteiger partial charge >= 0.3 is 0 Å². The summed E-state index contributed by atoms with van der Waals surface area (Å²) in [6.07, 6.45) is 0. The van der Waals surface area contributed by atoms with E-state index in [2.05, 4.69) is 41.4 Å². The van der Waals surface area contributed by atoms with Crippen molar-refractivity contribution in [2.24, 2.45) is 5.41 Å². The summed E-state index contributed by atoms with van der Waals surface area (Å²) in [4.78, 5) is 8.78. The highest BCUT2D eigenvalue weighted by Crippen LogP contribution is 2.16. The smallest absolute Gasteiger partial charge is 0.158 e. The fraction of sp³-hybridized carbons (Fsp3) is 0.692. The molecule has 1 heterocycles. The maximum Gasteiger partial charge on any atom is 0.158 e. The Labute approximate surface area is 109 Å². The van der Waals surface area contributed by atoms with Crippen LogP contribution in [0.15, 0.2) is 6.07 Å². The standard InChI is InChI=1S/C13H24N4O/c1-6-18-8-12-16-10(14-5)7-11(17-12)15-9-13(2,3)4/h7H,6,8-9H2,1-5H3,(H2,14,15,16,17). The molecule has 5 nitrogen and oxygen atoms in total. The molecule has 1 aromatic heterocycles. The van der Waals surface area contributed by atoms with Gasteiger partial charge in [0.15, 0.2) is 5.82 Å². The van der Waals surface area contributed by atoms with E-state index in [9.17, 15) is 0 Å². The van der Waals surface area contributed by atoms with Crippen LogP contribution >= 0.6 is 0 Å². The lowest BCUT2D eigenvalue weighted by Crippen LogP contribution is -2.20. The van der Waals surface area contributed by atoms with Crippen molar-refractivity contribution in [3.63, 3.8) is 0 Å². The third-order valence-corrected chi connectivity index (χ3v) is 2.26. The van der Waals surface area contributed by atoms with Gasteiger partial charge in [0.05, 0.1) is 0 Å². The Bertz CT molecular complexity index is 374. The van der Waals surface area contributed by atoms with E-state index in [1.165, 1.54) is 0 Å². The first kappa shape index (κ1) is 14.7. The molecule has 0 fully saturated rings. The van der Waals surface area contributed by atoms with Crippen LogP contribution in [0.5, 0.6) is 0 Å². The predicted molar refractivity (Wildman–Crippen MR) is 74.9 cm³/mol. The molecule has 0 atom stereocenters. The molecule has 0 saturated heterocycles. The molecule has 1 rings (SSSR count). The highest BCUT2D eigenvalue weighted by atomic mass is 16.5. The molecule has 5 heteroatoms. The van der Waals surface area contributed by atoms with Gasteiger partial charge in [-0.1, -0.05) is 20.8 Å². The molecule has 0 saturated carbocycles. The molecule has 0 aliphatic heterocycles. The first-order valence-electron chi connectivity index (χ1n) is 6.32. The average molecular weight is 252 g/mol. The van der Waals surface area contributed by atoms with Crippen LogP contribution in [-0.4, -0.2) is 30.2 Å². The van der Waals surface area contributed by atoms with Crippen LogP contribution in [-0.2, 0) is 11.3 Å². The second-order valence-corrected chi connectivity index (χ2v) is 5.36. The van der Waals surface area contributed by atoms with E-state index in [0.717, 1.165) is 18.2 Å². The Morgan fingerprint density at radius 3 is 2.44 bits per heavy atom. The van der Waals surface area contributed by atoms with Gasteiger partial charge in [0.2, 0.25) is 0 Å². The Balaban J connectivity index is 2.76. The zero-order valence-electron chi connectivity index (χ0n) is 12.0. The lowest BCUT2D eigenvalue weighted by Gasteiger charge is -2.19. The van der Waals surface area contributed by atoms with E-state index in [1.807, 2.05) is 20.0 Å². The van der Waals surface area contributed by atoms with Crippen LogP contribution < -0.4 is 10.6 Å². The summed E-state index contributed by atoms with van der Waals surface area (Å²) in [7, 11) is 1.85. The average Bonchev–Trinajstić information content (AvgIpc) is 2.32. The predicted octanol–water partition coefficient (Wildman–Crippen LogP) is 2.51. The Hall–Kier alpha value is -1.36. The van der Waals surface area contributed by atoms with Crippen molar-refractivity contribution in [1.29, 1.82) is 0 Å². The quantitative estimate of drug-likeness (QED) is 0.814. The van der Waals surface area contributed by atoms with Crippen molar-refractivity contribution in [2.75, 3.05) is 30.8 Å². The van der Waals surface area contributed by atoms with Gasteiger partial charge in [0.1, 0.15) is 18.2 Å². The van der Waals surface area contributed by atoms with Gasteiger partial charge in [-0.25, -0.2) is 9.97 Å². The Morgan fingerprint density at radius 1 is 1.22 bits per heavy atom. The second kappa shape index (κ2) is 6.54. The molecule has 18 heavy (non-hydrogen) atoms. The van der Waals surface area contributed by atoms with Gasteiger partial charge < -0.3 is 15.4 Å². The lowest BCUT2D eigenvalue weighted by atomic mass is 9.97. The van der Waals surface area contributed by atoms with E-state index in [0.29, 0.717) is 19.0 Å². The van der Waals surface area contributed by atoms with Gasteiger partial charge in [0, 0.05) is 26.3 Å². The fourth-order valence-corrected chi connectivity index (χ4v) is 1.33. The van der Waals surface area contributed by atoms with Crippen LogP contribution in [0, 0.1) is 5.41 Å². The molecule has 0 amide bonds. The number of aromatic nitrogens is 2. The molecule has 0 unspecified atom stereocenters. The van der Waals surface area contributed by atoms with Crippen LogP contribution in [0.1, 0.15) is 33.5 Å². The highest BCUT2D eigenvalue weighted by Gasteiger charge is 2.11. The minimum atomic E-state index is 0.213. The highest BCUT2D eigenvalue weighted by molar-refractivity contribution is 5.47. The minimum absolute atomic E-state index is 0.213. The van der Waals surface area contributed by atoms with Crippen molar-refractivity contribution in [1.82, 2.24) is 9.97 Å².